The second-order valence-corrected chi connectivity index (χ2v) is 7.55. The van der Waals surface area contributed by atoms with E-state index in [0.717, 1.165) is 11.1 Å². The lowest BCUT2D eigenvalue weighted by Gasteiger charge is -2.14. The molecule has 1 heterocycles. The van der Waals surface area contributed by atoms with E-state index in [1.165, 1.54) is 25.7 Å². The molecule has 0 aliphatic heterocycles. The highest BCUT2D eigenvalue weighted by Gasteiger charge is 2.15. The van der Waals surface area contributed by atoms with E-state index in [4.69, 9.17) is 18.6 Å². The van der Waals surface area contributed by atoms with Crippen LogP contribution in [-0.4, -0.2) is 31.8 Å². The molecule has 0 radical (unpaired) electrons. The highest BCUT2D eigenvalue weighted by molar-refractivity contribution is 5.89. The lowest BCUT2D eigenvalue weighted by atomic mass is 10.0. The molecule has 0 aliphatic rings. The summed E-state index contributed by atoms with van der Waals surface area (Å²) in [4.78, 5) is 24.2. The summed E-state index contributed by atoms with van der Waals surface area (Å²) in [5.41, 5.74) is 5.16. The van der Waals surface area contributed by atoms with Crippen molar-refractivity contribution in [2.24, 2.45) is 5.10 Å². The van der Waals surface area contributed by atoms with Gasteiger partial charge in [0.1, 0.15) is 5.75 Å². The second kappa shape index (κ2) is 11.0. The van der Waals surface area contributed by atoms with Gasteiger partial charge in [0.2, 0.25) is 5.76 Å². The van der Waals surface area contributed by atoms with Crippen LogP contribution in [0.3, 0.4) is 0 Å². The van der Waals surface area contributed by atoms with Gasteiger partial charge in [-0.15, -0.1) is 0 Å². The van der Waals surface area contributed by atoms with Crippen molar-refractivity contribution in [3.63, 3.8) is 0 Å². The number of esters is 1. The van der Waals surface area contributed by atoms with Crippen molar-refractivity contribution in [1.82, 2.24) is 5.43 Å². The summed E-state index contributed by atoms with van der Waals surface area (Å²) in [6, 6.07) is 13.9. The molecule has 1 amide bonds. The lowest BCUT2D eigenvalue weighted by Crippen LogP contribution is -2.25. The fourth-order valence-corrected chi connectivity index (χ4v) is 2.99. The smallest absolute Gasteiger partial charge is 0.379 e. The van der Waals surface area contributed by atoms with Gasteiger partial charge in [0.05, 0.1) is 19.6 Å². The normalized spacial score (nSPS) is 10.9. The molecule has 8 heteroatoms. The molecular formula is C25H26N2O6. The maximum atomic E-state index is 12.1. The van der Waals surface area contributed by atoms with E-state index in [9.17, 15) is 9.59 Å². The third kappa shape index (κ3) is 6.46. The topological polar surface area (TPSA) is 99.4 Å². The molecular weight excluding hydrogens is 424 g/mol. The van der Waals surface area contributed by atoms with Crippen molar-refractivity contribution in [2.75, 3.05) is 13.7 Å². The van der Waals surface area contributed by atoms with Crippen molar-refractivity contribution in [1.29, 1.82) is 0 Å². The zero-order valence-corrected chi connectivity index (χ0v) is 19.0. The number of hydrogen-bond acceptors (Lipinski definition) is 7. The number of hydrazone groups is 1. The monoisotopic (exact) mass is 450 g/mol. The number of hydrogen-bond donors (Lipinski definition) is 1. The Morgan fingerprint density at radius 3 is 2.61 bits per heavy atom. The number of nitrogens with one attached hydrogen (secondary N) is 1. The first-order valence-corrected chi connectivity index (χ1v) is 10.4. The van der Waals surface area contributed by atoms with Crippen molar-refractivity contribution < 1.29 is 28.2 Å². The SMILES string of the molecule is COc1cc(/C=N\NC(=O)COc2cc(C)ccc2C(C)C)ccc1OC(=O)c1ccco1. The fraction of sp³-hybridized carbons (Fsp3) is 0.240. The van der Waals surface area contributed by atoms with Gasteiger partial charge >= 0.3 is 5.97 Å². The average molecular weight is 450 g/mol. The summed E-state index contributed by atoms with van der Waals surface area (Å²) in [6.07, 6.45) is 2.83. The zero-order chi connectivity index (χ0) is 23.8. The maximum Gasteiger partial charge on any atom is 0.379 e. The minimum atomic E-state index is -0.638. The van der Waals surface area contributed by atoms with Crippen LogP contribution in [0.2, 0.25) is 0 Å². The Hall–Kier alpha value is -4.07. The fourth-order valence-electron chi connectivity index (χ4n) is 2.99. The molecule has 0 spiro atoms. The number of aryl methyl sites for hydroxylation is 1. The first kappa shape index (κ1) is 23.6. The number of furan rings is 1. The molecule has 1 N–H and O–H groups in total. The summed E-state index contributed by atoms with van der Waals surface area (Å²) < 4.78 is 21.3. The quantitative estimate of drug-likeness (QED) is 0.224. The van der Waals surface area contributed by atoms with Gasteiger partial charge in [-0.2, -0.15) is 5.10 Å². The largest absolute Gasteiger partial charge is 0.493 e. The van der Waals surface area contributed by atoms with Gasteiger partial charge in [0.15, 0.2) is 18.1 Å². The number of benzene rings is 2. The van der Waals surface area contributed by atoms with Crippen LogP contribution >= 0.6 is 0 Å². The van der Waals surface area contributed by atoms with Gasteiger partial charge < -0.3 is 18.6 Å². The number of carbonyl (C=O) groups is 2. The Labute approximate surface area is 192 Å². The number of ether oxygens (including phenoxy) is 3. The van der Waals surface area contributed by atoms with E-state index in [-0.39, 0.29) is 24.0 Å². The maximum absolute atomic E-state index is 12.1. The van der Waals surface area contributed by atoms with Crippen LogP contribution in [0, 0.1) is 6.92 Å². The molecule has 0 unspecified atom stereocenters. The Morgan fingerprint density at radius 1 is 1.09 bits per heavy atom. The van der Waals surface area contributed by atoms with Crippen LogP contribution in [0.5, 0.6) is 17.2 Å². The van der Waals surface area contributed by atoms with E-state index >= 15 is 0 Å². The molecule has 33 heavy (non-hydrogen) atoms. The van der Waals surface area contributed by atoms with E-state index in [2.05, 4.69) is 24.4 Å². The average Bonchev–Trinajstić information content (AvgIpc) is 3.33. The predicted octanol–water partition coefficient (Wildman–Crippen LogP) is 4.47. The first-order valence-electron chi connectivity index (χ1n) is 10.4. The van der Waals surface area contributed by atoms with Crippen LogP contribution in [0.4, 0.5) is 0 Å². The third-order valence-corrected chi connectivity index (χ3v) is 4.67. The molecule has 0 saturated heterocycles. The molecule has 2 aromatic carbocycles. The summed E-state index contributed by atoms with van der Waals surface area (Å²) >= 11 is 0. The molecule has 3 rings (SSSR count). The molecule has 3 aromatic rings. The molecule has 0 atom stereocenters. The summed E-state index contributed by atoms with van der Waals surface area (Å²) in [5.74, 6) is 0.576. The van der Waals surface area contributed by atoms with Gasteiger partial charge in [0, 0.05) is 0 Å². The number of methoxy groups -OCH3 is 1. The minimum Gasteiger partial charge on any atom is -0.493 e. The van der Waals surface area contributed by atoms with Gasteiger partial charge in [-0.05, 0) is 65.9 Å². The number of carbonyl (C=O) groups excluding carboxylic acids is 2. The minimum absolute atomic E-state index is 0.0822. The molecule has 0 bridgehead atoms. The number of rotatable bonds is 9. The second-order valence-electron chi connectivity index (χ2n) is 7.55. The number of amides is 1. The molecule has 1 aromatic heterocycles. The molecule has 0 saturated carbocycles. The Morgan fingerprint density at radius 2 is 1.91 bits per heavy atom. The Kier molecular flexibility index (Phi) is 7.86. The predicted molar refractivity (Wildman–Crippen MR) is 123 cm³/mol. The highest BCUT2D eigenvalue weighted by atomic mass is 16.6. The van der Waals surface area contributed by atoms with Gasteiger partial charge in [-0.1, -0.05) is 26.0 Å². The molecule has 0 aliphatic carbocycles. The Bertz CT molecular complexity index is 1140. The van der Waals surface area contributed by atoms with Crippen LogP contribution in [0.25, 0.3) is 0 Å². The van der Waals surface area contributed by atoms with Crippen molar-refractivity contribution in [3.05, 3.63) is 77.2 Å². The van der Waals surface area contributed by atoms with Gasteiger partial charge in [-0.25, -0.2) is 10.2 Å². The summed E-state index contributed by atoms with van der Waals surface area (Å²) in [6.45, 7) is 5.95. The molecule has 0 fully saturated rings. The van der Waals surface area contributed by atoms with Crippen molar-refractivity contribution in [3.8, 4) is 17.2 Å². The standard InChI is InChI=1S/C25H26N2O6/c1-16(2)19-9-7-17(3)12-22(19)32-15-24(28)27-26-14-18-8-10-20(23(13-18)30-4)33-25(29)21-6-5-11-31-21/h5-14,16H,15H2,1-4H3,(H,27,28)/b26-14-. The molecule has 8 nitrogen and oxygen atoms in total. The van der Waals surface area contributed by atoms with E-state index < -0.39 is 11.9 Å². The van der Waals surface area contributed by atoms with Crippen LogP contribution < -0.4 is 19.6 Å². The Balaban J connectivity index is 1.57. The lowest BCUT2D eigenvalue weighted by molar-refractivity contribution is -0.123. The van der Waals surface area contributed by atoms with E-state index in [0.29, 0.717) is 17.1 Å². The van der Waals surface area contributed by atoms with E-state index in [1.807, 2.05) is 25.1 Å². The van der Waals surface area contributed by atoms with E-state index in [1.54, 1.807) is 24.3 Å². The summed E-state index contributed by atoms with van der Waals surface area (Å²) in [5, 5.41) is 3.95. The van der Waals surface area contributed by atoms with Crippen LogP contribution in [0.15, 0.2) is 64.3 Å². The highest BCUT2D eigenvalue weighted by Crippen LogP contribution is 2.29. The van der Waals surface area contributed by atoms with Crippen LogP contribution in [0.1, 0.15) is 47.0 Å². The first-order chi connectivity index (χ1) is 15.9. The zero-order valence-electron chi connectivity index (χ0n) is 19.0. The molecule has 172 valence electrons. The van der Waals surface area contributed by atoms with Gasteiger partial charge in [0.25, 0.3) is 5.91 Å². The van der Waals surface area contributed by atoms with Crippen LogP contribution in [-0.2, 0) is 4.79 Å². The third-order valence-electron chi connectivity index (χ3n) is 4.67. The van der Waals surface area contributed by atoms with Crippen molar-refractivity contribution in [2.45, 2.75) is 26.7 Å². The van der Waals surface area contributed by atoms with Crippen molar-refractivity contribution >= 4 is 18.1 Å². The van der Waals surface area contributed by atoms with Gasteiger partial charge in [-0.3, -0.25) is 4.79 Å². The summed E-state index contributed by atoms with van der Waals surface area (Å²) in [7, 11) is 1.45. The number of nitrogens with zero attached hydrogens (tertiary/aromatic N) is 1.